The van der Waals surface area contributed by atoms with Crippen molar-refractivity contribution < 1.29 is 69.4 Å². The smallest absolute Gasteiger partial charge is 0.396 e. The first-order valence-electron chi connectivity index (χ1n) is 7.85. The highest BCUT2D eigenvalue weighted by molar-refractivity contribution is 7.71. The summed E-state index contributed by atoms with van der Waals surface area (Å²) in [5, 5.41) is 9.46. The molecule has 1 saturated heterocycles. The predicted molar refractivity (Wildman–Crippen MR) is 96.5 cm³/mol. The number of nitrogens with two attached hydrogens (primary N) is 1. The Morgan fingerprint density at radius 2 is 1.78 bits per heavy atom. The van der Waals surface area contributed by atoms with Crippen molar-refractivity contribution >= 4 is 41.5 Å². The Bertz CT molecular complexity index is 1050. The lowest BCUT2D eigenvalue weighted by Gasteiger charge is -2.26. The van der Waals surface area contributed by atoms with Gasteiger partial charge in [-0.05, 0) is 18.3 Å². The topological polar surface area (TPSA) is 233 Å². The Morgan fingerprint density at radius 3 is 2.25 bits per heavy atom. The van der Waals surface area contributed by atoms with E-state index in [2.05, 4.69) is 18.1 Å². The summed E-state index contributed by atoms with van der Waals surface area (Å²) >= 11 is 4.83. The number of aromatic nitrogens is 2. The number of anilines is 1. The average molecular weight is 551 g/mol. The van der Waals surface area contributed by atoms with Crippen molar-refractivity contribution in [3.8, 4) is 0 Å². The zero-order valence-electron chi connectivity index (χ0n) is 15.1. The summed E-state index contributed by atoms with van der Waals surface area (Å²) in [4.78, 5) is 39.3. The number of hydrogen-bond acceptors (Lipinski definition) is 11. The minimum atomic E-state index is -5.94. The number of phosphoric ester groups is 1. The fourth-order valence-electron chi connectivity index (χ4n) is 2.70. The van der Waals surface area contributed by atoms with Gasteiger partial charge in [0.2, 0.25) is 4.77 Å². The number of nitrogens with zero attached hydrogens (tertiary/aromatic N) is 2. The first kappa shape index (κ1) is 27.5. The second kappa shape index (κ2) is 9.46. The first-order valence-corrected chi connectivity index (χ1v) is 12.8. The van der Waals surface area contributed by atoms with Gasteiger partial charge < -0.3 is 35.2 Å². The highest BCUT2D eigenvalue weighted by atomic mass is 32.1. The maximum absolute atomic E-state index is 13.7. The van der Waals surface area contributed by atoms with Gasteiger partial charge in [0.15, 0.2) is 12.5 Å². The van der Waals surface area contributed by atoms with E-state index in [4.69, 9.17) is 37.4 Å². The second-order valence-electron chi connectivity index (χ2n) is 6.05. The van der Waals surface area contributed by atoms with Crippen molar-refractivity contribution in [1.82, 2.24) is 9.55 Å². The molecule has 0 aromatic carbocycles. The lowest BCUT2D eigenvalue weighted by molar-refractivity contribution is -0.207. The molecular weight excluding hydrogens is 536 g/mol. The lowest BCUT2D eigenvalue weighted by atomic mass is 9.93. The largest absolute Gasteiger partial charge is 0.490 e. The van der Waals surface area contributed by atoms with Gasteiger partial charge in [0.1, 0.15) is 11.7 Å². The van der Waals surface area contributed by atoms with E-state index < -0.39 is 65.4 Å². The summed E-state index contributed by atoms with van der Waals surface area (Å²) in [6.07, 6.45) is -8.61. The van der Waals surface area contributed by atoms with E-state index in [0.29, 0.717) is 4.57 Å². The number of phosphoric acid groups is 3. The summed E-state index contributed by atoms with van der Waals surface area (Å²) in [6, 6.07) is 1.07. The number of nitrogen functional groups attached to an aromatic ring is 1. The third kappa shape index (κ3) is 7.11. The molecule has 7 N–H and O–H groups in total. The molecule has 2 heterocycles. The SMILES string of the molecule is Nc1ccn([C@@H]2O[C@H](OP(=O)(O)OP(=O)(O)OP(=O)(O)O)C(CO)C2C(F)(F)F)c(=S)n1. The molecule has 6 atom stereocenters. The number of aliphatic hydroxyl groups excluding tert-OH is 1. The molecule has 1 aliphatic rings. The van der Waals surface area contributed by atoms with Crippen LogP contribution < -0.4 is 5.73 Å². The molecule has 0 spiro atoms. The van der Waals surface area contributed by atoms with Crippen LogP contribution >= 0.6 is 35.7 Å². The Labute approximate surface area is 181 Å². The molecule has 1 aliphatic heterocycles. The number of aliphatic hydroxyl groups is 1. The van der Waals surface area contributed by atoms with Crippen LogP contribution in [0.25, 0.3) is 0 Å². The normalized spacial score (nSPS) is 28.2. The van der Waals surface area contributed by atoms with Crippen molar-refractivity contribution in [1.29, 1.82) is 0 Å². The van der Waals surface area contributed by atoms with Crippen molar-refractivity contribution in [2.24, 2.45) is 11.8 Å². The Kier molecular flexibility index (Phi) is 8.12. The van der Waals surface area contributed by atoms with Gasteiger partial charge >= 0.3 is 29.6 Å². The van der Waals surface area contributed by atoms with Crippen LogP contribution in [0.4, 0.5) is 19.0 Å². The number of alkyl halides is 3. The van der Waals surface area contributed by atoms with Crippen molar-refractivity contribution in [2.75, 3.05) is 12.3 Å². The molecular formula is C10H15F3N3O12P3S. The highest BCUT2D eigenvalue weighted by Crippen LogP contribution is 2.67. The fourth-order valence-corrected chi connectivity index (χ4v) is 6.10. The van der Waals surface area contributed by atoms with Gasteiger partial charge in [-0.3, -0.25) is 9.09 Å². The molecule has 1 fully saturated rings. The van der Waals surface area contributed by atoms with Crippen LogP contribution in [0.5, 0.6) is 0 Å². The highest BCUT2D eigenvalue weighted by Gasteiger charge is 2.60. The van der Waals surface area contributed by atoms with Crippen molar-refractivity contribution in [3.05, 3.63) is 17.0 Å². The maximum Gasteiger partial charge on any atom is 0.490 e. The Hall–Kier alpha value is -0.780. The van der Waals surface area contributed by atoms with E-state index in [0.717, 1.165) is 12.3 Å². The minimum Gasteiger partial charge on any atom is -0.396 e. The third-order valence-electron chi connectivity index (χ3n) is 3.76. The zero-order valence-corrected chi connectivity index (χ0v) is 18.6. The van der Waals surface area contributed by atoms with Gasteiger partial charge in [0.25, 0.3) is 0 Å². The molecule has 1 aromatic heterocycles. The van der Waals surface area contributed by atoms with Crippen LogP contribution in [0, 0.1) is 16.6 Å². The number of hydrogen-bond donors (Lipinski definition) is 6. The quantitative estimate of drug-likeness (QED) is 0.197. The number of halogens is 3. The van der Waals surface area contributed by atoms with Crippen LogP contribution in [0.3, 0.4) is 0 Å². The molecule has 15 nitrogen and oxygen atoms in total. The van der Waals surface area contributed by atoms with Gasteiger partial charge in [0, 0.05) is 12.1 Å². The molecule has 0 amide bonds. The first-order chi connectivity index (χ1) is 14.4. The van der Waals surface area contributed by atoms with Crippen LogP contribution in [-0.2, 0) is 31.6 Å². The predicted octanol–water partition coefficient (Wildman–Crippen LogP) is 1.18. The van der Waals surface area contributed by atoms with E-state index in [1.165, 1.54) is 0 Å². The van der Waals surface area contributed by atoms with E-state index in [-0.39, 0.29) is 5.82 Å². The van der Waals surface area contributed by atoms with Gasteiger partial charge in [-0.15, -0.1) is 0 Å². The van der Waals surface area contributed by atoms with Gasteiger partial charge in [-0.1, -0.05) is 0 Å². The summed E-state index contributed by atoms with van der Waals surface area (Å²) < 4.78 is 91.7. The summed E-state index contributed by atoms with van der Waals surface area (Å²) in [7, 11) is -17.5. The van der Waals surface area contributed by atoms with Crippen LogP contribution in [0.15, 0.2) is 12.3 Å². The van der Waals surface area contributed by atoms with E-state index in [1.54, 1.807) is 0 Å². The summed E-state index contributed by atoms with van der Waals surface area (Å²) in [6.45, 7) is -1.32. The lowest BCUT2D eigenvalue weighted by Crippen LogP contribution is -2.36. The molecule has 0 saturated carbocycles. The van der Waals surface area contributed by atoms with Crippen LogP contribution in [0.2, 0.25) is 0 Å². The third-order valence-corrected chi connectivity index (χ3v) is 7.86. The molecule has 1 aromatic rings. The van der Waals surface area contributed by atoms with Crippen molar-refractivity contribution in [3.63, 3.8) is 0 Å². The average Bonchev–Trinajstić information content (AvgIpc) is 2.88. The Morgan fingerprint density at radius 1 is 1.19 bits per heavy atom. The summed E-state index contributed by atoms with van der Waals surface area (Å²) in [5.74, 6) is -4.83. The number of rotatable bonds is 8. The minimum absolute atomic E-state index is 0.142. The molecule has 184 valence electrons. The van der Waals surface area contributed by atoms with E-state index >= 15 is 0 Å². The molecule has 0 bridgehead atoms. The fraction of sp³-hybridized carbons (Fsp3) is 0.600. The molecule has 2 rings (SSSR count). The standard InChI is InChI=1S/C10H15F3N3O12P3S/c11-10(12,13)6-4(3-17)8(25-7(6)16-2-1-5(14)15-9(16)32)26-30(21,22)28-31(23,24)27-29(18,19)20/h1-2,4,6-8,17H,3H2,(H,21,22)(H,23,24)(H2,14,15,32)(H2,18,19,20)/t4?,6?,7-,8-/m1/s1. The van der Waals surface area contributed by atoms with Gasteiger partial charge in [-0.2, -0.15) is 21.8 Å². The van der Waals surface area contributed by atoms with Gasteiger partial charge in [-0.25, -0.2) is 18.7 Å². The second-order valence-corrected chi connectivity index (χ2v) is 10.8. The van der Waals surface area contributed by atoms with E-state index in [1.807, 2.05) is 0 Å². The molecule has 22 heteroatoms. The maximum atomic E-state index is 13.7. The zero-order chi connectivity index (χ0) is 24.7. The van der Waals surface area contributed by atoms with Crippen LogP contribution in [-0.4, -0.2) is 53.3 Å². The molecule has 4 unspecified atom stereocenters. The monoisotopic (exact) mass is 551 g/mol. The molecule has 0 radical (unpaired) electrons. The summed E-state index contributed by atoms with van der Waals surface area (Å²) in [5.41, 5.74) is 5.39. The molecule has 32 heavy (non-hydrogen) atoms. The molecule has 0 aliphatic carbocycles. The van der Waals surface area contributed by atoms with Crippen molar-refractivity contribution in [2.45, 2.75) is 18.7 Å². The van der Waals surface area contributed by atoms with E-state index in [9.17, 15) is 36.9 Å². The van der Waals surface area contributed by atoms with Gasteiger partial charge in [0.05, 0.1) is 6.61 Å². The van der Waals surface area contributed by atoms with Crippen LogP contribution in [0.1, 0.15) is 6.23 Å². The Balaban J connectivity index is 2.37. The number of ether oxygens (including phenoxy) is 1.